The van der Waals surface area contributed by atoms with Gasteiger partial charge >= 0.3 is 0 Å². The van der Waals surface area contributed by atoms with Crippen LogP contribution in [0.5, 0.6) is 0 Å². The molecule has 1 atom stereocenters. The van der Waals surface area contributed by atoms with Crippen molar-refractivity contribution in [2.75, 3.05) is 5.73 Å². The Morgan fingerprint density at radius 3 is 2.75 bits per heavy atom. The molecule has 2 aromatic rings. The highest BCUT2D eigenvalue weighted by Crippen LogP contribution is 2.19. The fourth-order valence-electron chi connectivity index (χ4n) is 1.95. The SMILES string of the molecule is CCC(NC(=O)CCc1ccc(N)cc1)c1nccs1. The number of nitrogens with one attached hydrogen (secondary N) is 1. The Kier molecular flexibility index (Phi) is 5.12. The van der Waals surface area contributed by atoms with E-state index in [9.17, 15) is 4.79 Å². The average Bonchev–Trinajstić information content (AvgIpc) is 2.98. The largest absolute Gasteiger partial charge is 0.399 e. The van der Waals surface area contributed by atoms with Crippen molar-refractivity contribution in [2.24, 2.45) is 0 Å². The van der Waals surface area contributed by atoms with Crippen LogP contribution in [0.1, 0.15) is 36.4 Å². The minimum atomic E-state index is 0.0221. The van der Waals surface area contributed by atoms with Crippen LogP contribution in [0, 0.1) is 0 Å². The van der Waals surface area contributed by atoms with E-state index in [4.69, 9.17) is 5.73 Å². The van der Waals surface area contributed by atoms with E-state index in [0.717, 1.165) is 29.1 Å². The maximum atomic E-state index is 12.0. The van der Waals surface area contributed by atoms with E-state index in [-0.39, 0.29) is 11.9 Å². The molecule has 0 spiro atoms. The second-order valence-corrected chi connectivity index (χ2v) is 5.57. The van der Waals surface area contributed by atoms with Crippen LogP contribution in [0.4, 0.5) is 5.69 Å². The van der Waals surface area contributed by atoms with Crippen molar-refractivity contribution in [3.63, 3.8) is 0 Å². The number of hydrogen-bond acceptors (Lipinski definition) is 4. The molecule has 0 aliphatic heterocycles. The Bertz CT molecular complexity index is 537. The molecule has 0 saturated heterocycles. The average molecular weight is 289 g/mol. The zero-order chi connectivity index (χ0) is 14.4. The third-order valence-corrected chi connectivity index (χ3v) is 4.00. The number of aryl methyl sites for hydroxylation is 1. The zero-order valence-electron chi connectivity index (χ0n) is 11.5. The molecule has 1 aromatic heterocycles. The highest BCUT2D eigenvalue weighted by Gasteiger charge is 2.14. The van der Waals surface area contributed by atoms with E-state index < -0.39 is 0 Å². The van der Waals surface area contributed by atoms with E-state index in [1.54, 1.807) is 17.5 Å². The number of thiazole rings is 1. The van der Waals surface area contributed by atoms with Crippen molar-refractivity contribution in [1.82, 2.24) is 10.3 Å². The van der Waals surface area contributed by atoms with Gasteiger partial charge in [0.2, 0.25) is 5.91 Å². The maximum Gasteiger partial charge on any atom is 0.220 e. The van der Waals surface area contributed by atoms with Gasteiger partial charge in [-0.2, -0.15) is 0 Å². The van der Waals surface area contributed by atoms with Gasteiger partial charge in [0.1, 0.15) is 5.01 Å². The molecule has 2 rings (SSSR count). The second kappa shape index (κ2) is 7.05. The summed E-state index contributed by atoms with van der Waals surface area (Å²) >= 11 is 1.57. The Morgan fingerprint density at radius 2 is 2.15 bits per heavy atom. The molecule has 20 heavy (non-hydrogen) atoms. The van der Waals surface area contributed by atoms with E-state index in [1.807, 2.05) is 36.6 Å². The summed E-state index contributed by atoms with van der Waals surface area (Å²) in [4.78, 5) is 16.2. The van der Waals surface area contributed by atoms with Crippen LogP contribution in [0.25, 0.3) is 0 Å². The minimum absolute atomic E-state index is 0.0221. The second-order valence-electron chi connectivity index (χ2n) is 4.64. The van der Waals surface area contributed by atoms with Gasteiger partial charge in [-0.1, -0.05) is 19.1 Å². The summed E-state index contributed by atoms with van der Waals surface area (Å²) in [5.41, 5.74) is 7.50. The number of hydrogen-bond donors (Lipinski definition) is 2. The molecule has 3 N–H and O–H groups in total. The lowest BCUT2D eigenvalue weighted by atomic mass is 10.1. The summed E-state index contributed by atoms with van der Waals surface area (Å²) < 4.78 is 0. The number of nitrogens with zero attached hydrogens (tertiary/aromatic N) is 1. The molecule has 106 valence electrons. The first-order valence-corrected chi connectivity index (χ1v) is 7.60. The predicted octanol–water partition coefficient (Wildman–Crippen LogP) is 2.93. The summed E-state index contributed by atoms with van der Waals surface area (Å²) in [5.74, 6) is 0.0591. The van der Waals surface area contributed by atoms with Gasteiger partial charge in [-0.15, -0.1) is 11.3 Å². The number of aromatic nitrogens is 1. The molecule has 0 aliphatic rings. The number of carbonyl (C=O) groups is 1. The molecule has 0 radical (unpaired) electrons. The molecule has 0 saturated carbocycles. The van der Waals surface area contributed by atoms with Crippen LogP contribution in [0.2, 0.25) is 0 Å². The number of rotatable bonds is 6. The zero-order valence-corrected chi connectivity index (χ0v) is 12.3. The lowest BCUT2D eigenvalue weighted by Gasteiger charge is -2.14. The molecule has 5 heteroatoms. The number of nitrogen functional groups attached to an aromatic ring is 1. The Balaban J connectivity index is 1.84. The van der Waals surface area contributed by atoms with Gasteiger partial charge in [0, 0.05) is 23.7 Å². The Hall–Kier alpha value is -1.88. The molecule has 1 unspecified atom stereocenters. The highest BCUT2D eigenvalue weighted by molar-refractivity contribution is 7.09. The van der Waals surface area contributed by atoms with Crippen LogP contribution in [0.3, 0.4) is 0 Å². The van der Waals surface area contributed by atoms with Crippen molar-refractivity contribution in [1.29, 1.82) is 0 Å². The number of carbonyl (C=O) groups excluding carboxylic acids is 1. The number of nitrogens with two attached hydrogens (primary N) is 1. The molecule has 1 amide bonds. The van der Waals surface area contributed by atoms with Gasteiger partial charge in [0.15, 0.2) is 0 Å². The van der Waals surface area contributed by atoms with Crippen LogP contribution in [-0.2, 0) is 11.2 Å². The van der Waals surface area contributed by atoms with Crippen molar-refractivity contribution in [2.45, 2.75) is 32.2 Å². The molecule has 1 heterocycles. The van der Waals surface area contributed by atoms with Gasteiger partial charge in [0.25, 0.3) is 0 Å². The van der Waals surface area contributed by atoms with Gasteiger partial charge in [-0.3, -0.25) is 4.79 Å². The molecule has 0 aliphatic carbocycles. The van der Waals surface area contributed by atoms with Gasteiger partial charge < -0.3 is 11.1 Å². The van der Waals surface area contributed by atoms with Crippen molar-refractivity contribution < 1.29 is 4.79 Å². The third-order valence-electron chi connectivity index (χ3n) is 3.11. The fourth-order valence-corrected chi connectivity index (χ4v) is 2.73. The summed E-state index contributed by atoms with van der Waals surface area (Å²) in [6.07, 6.45) is 3.82. The normalized spacial score (nSPS) is 12.1. The van der Waals surface area contributed by atoms with Crippen LogP contribution < -0.4 is 11.1 Å². The van der Waals surface area contributed by atoms with Crippen LogP contribution in [0.15, 0.2) is 35.8 Å². The van der Waals surface area contributed by atoms with E-state index >= 15 is 0 Å². The molecule has 1 aromatic carbocycles. The molecule has 4 nitrogen and oxygen atoms in total. The standard InChI is InChI=1S/C15H19N3OS/c1-2-13(15-17-9-10-20-15)18-14(19)8-5-11-3-6-12(16)7-4-11/h3-4,6-7,9-10,13H,2,5,8,16H2,1H3,(H,18,19). The summed E-state index contributed by atoms with van der Waals surface area (Å²) in [6, 6.07) is 7.66. The first-order valence-electron chi connectivity index (χ1n) is 6.72. The van der Waals surface area contributed by atoms with E-state index in [1.165, 1.54) is 0 Å². The molecule has 0 fully saturated rings. The fraction of sp³-hybridized carbons (Fsp3) is 0.333. The Morgan fingerprint density at radius 1 is 1.40 bits per heavy atom. The summed E-state index contributed by atoms with van der Waals surface area (Å²) in [6.45, 7) is 2.05. The first kappa shape index (κ1) is 14.5. The lowest BCUT2D eigenvalue weighted by molar-refractivity contribution is -0.121. The van der Waals surface area contributed by atoms with Gasteiger partial charge in [-0.25, -0.2) is 4.98 Å². The van der Waals surface area contributed by atoms with Crippen LogP contribution in [-0.4, -0.2) is 10.9 Å². The highest BCUT2D eigenvalue weighted by atomic mass is 32.1. The number of amides is 1. The molecular formula is C15H19N3OS. The minimum Gasteiger partial charge on any atom is -0.399 e. The number of anilines is 1. The molecule has 0 bridgehead atoms. The molecular weight excluding hydrogens is 270 g/mol. The lowest BCUT2D eigenvalue weighted by Crippen LogP contribution is -2.28. The van der Waals surface area contributed by atoms with Crippen LogP contribution >= 0.6 is 11.3 Å². The maximum absolute atomic E-state index is 12.0. The van der Waals surface area contributed by atoms with E-state index in [0.29, 0.717) is 6.42 Å². The summed E-state index contributed by atoms with van der Waals surface area (Å²) in [5, 5.41) is 5.93. The van der Waals surface area contributed by atoms with Gasteiger partial charge in [0.05, 0.1) is 6.04 Å². The van der Waals surface area contributed by atoms with Crippen molar-refractivity contribution >= 4 is 22.9 Å². The first-order chi connectivity index (χ1) is 9.69. The quantitative estimate of drug-likeness (QED) is 0.803. The smallest absolute Gasteiger partial charge is 0.220 e. The third kappa shape index (κ3) is 4.06. The Labute approximate surface area is 123 Å². The van der Waals surface area contributed by atoms with E-state index in [2.05, 4.69) is 10.3 Å². The van der Waals surface area contributed by atoms with Gasteiger partial charge in [-0.05, 0) is 30.5 Å². The topological polar surface area (TPSA) is 68.0 Å². The number of benzene rings is 1. The van der Waals surface area contributed by atoms with Crippen molar-refractivity contribution in [3.8, 4) is 0 Å². The monoisotopic (exact) mass is 289 g/mol. The van der Waals surface area contributed by atoms with Crippen molar-refractivity contribution in [3.05, 3.63) is 46.4 Å². The predicted molar refractivity (Wildman–Crippen MR) is 82.5 cm³/mol. The summed E-state index contributed by atoms with van der Waals surface area (Å²) in [7, 11) is 0.